The van der Waals surface area contributed by atoms with Crippen LogP contribution >= 0.6 is 0 Å². The van der Waals surface area contributed by atoms with Crippen LogP contribution in [0, 0.1) is 0 Å². The Balaban J connectivity index is 1.43. The maximum atomic E-state index is 12.7. The van der Waals surface area contributed by atoms with Gasteiger partial charge in [0.2, 0.25) is 10.0 Å². The zero-order chi connectivity index (χ0) is 25.7. The van der Waals surface area contributed by atoms with Gasteiger partial charge in [-0.3, -0.25) is 9.59 Å². The van der Waals surface area contributed by atoms with E-state index in [4.69, 9.17) is 4.42 Å². The van der Waals surface area contributed by atoms with Crippen molar-refractivity contribution in [3.63, 3.8) is 0 Å². The van der Waals surface area contributed by atoms with Crippen LogP contribution in [0.3, 0.4) is 0 Å². The second kappa shape index (κ2) is 10.8. The van der Waals surface area contributed by atoms with E-state index in [0.717, 1.165) is 22.9 Å². The molecule has 1 heterocycles. The number of benzene rings is 3. The number of carbonyl (C=O) groups excluding carboxylic acids is 1. The van der Waals surface area contributed by atoms with Gasteiger partial charge in [-0.2, -0.15) is 4.72 Å². The van der Waals surface area contributed by atoms with Crippen LogP contribution in [0.1, 0.15) is 36.7 Å². The van der Waals surface area contributed by atoms with Gasteiger partial charge < -0.3 is 14.8 Å². The Morgan fingerprint density at radius 1 is 0.944 bits per heavy atom. The standard InChI is InChI=1S/C27H26N2O6S/c1-2-3-7-23(27(31)32)29-36(33,34)22-15-11-19(12-16-22)18-9-13-21(14-10-18)28-26(30)25-17-20-6-4-5-8-24(20)35-25/h4-6,8-17,23,29H,2-3,7H2,1H3,(H,28,30)(H,31,32)/t23-/m0/s1. The zero-order valence-electron chi connectivity index (χ0n) is 19.6. The summed E-state index contributed by atoms with van der Waals surface area (Å²) >= 11 is 0. The number of carboxylic acid groups (broad SMARTS) is 1. The Morgan fingerprint density at radius 3 is 2.19 bits per heavy atom. The summed E-state index contributed by atoms with van der Waals surface area (Å²) in [6, 6.07) is 21.2. The van der Waals surface area contributed by atoms with Gasteiger partial charge >= 0.3 is 5.97 Å². The van der Waals surface area contributed by atoms with Crippen LogP contribution < -0.4 is 10.0 Å². The highest BCUT2D eigenvalue weighted by Crippen LogP contribution is 2.24. The number of carboxylic acids is 1. The van der Waals surface area contributed by atoms with E-state index >= 15 is 0 Å². The third kappa shape index (κ3) is 5.81. The Kier molecular flexibility index (Phi) is 7.52. The first-order valence-electron chi connectivity index (χ1n) is 11.5. The summed E-state index contributed by atoms with van der Waals surface area (Å²) in [7, 11) is -3.98. The molecule has 9 heteroatoms. The van der Waals surface area contributed by atoms with Gasteiger partial charge in [-0.25, -0.2) is 8.42 Å². The molecule has 0 aliphatic rings. The fourth-order valence-electron chi connectivity index (χ4n) is 3.76. The lowest BCUT2D eigenvalue weighted by atomic mass is 10.1. The van der Waals surface area contributed by atoms with Gasteiger partial charge in [0.15, 0.2) is 5.76 Å². The molecule has 1 amide bonds. The molecule has 3 aromatic carbocycles. The number of hydrogen-bond donors (Lipinski definition) is 3. The average molecular weight is 507 g/mol. The third-order valence-corrected chi connectivity index (χ3v) is 7.22. The van der Waals surface area contributed by atoms with E-state index in [9.17, 15) is 23.1 Å². The van der Waals surface area contributed by atoms with E-state index in [1.807, 2.05) is 25.1 Å². The highest BCUT2D eigenvalue weighted by atomic mass is 32.2. The average Bonchev–Trinajstić information content (AvgIpc) is 3.32. The number of sulfonamides is 1. The summed E-state index contributed by atoms with van der Waals surface area (Å²) in [6.07, 6.45) is 1.60. The minimum Gasteiger partial charge on any atom is -0.480 e. The van der Waals surface area contributed by atoms with Crippen LogP contribution in [0.4, 0.5) is 5.69 Å². The van der Waals surface area contributed by atoms with Crippen molar-refractivity contribution in [3.05, 3.63) is 84.6 Å². The first-order chi connectivity index (χ1) is 17.3. The number of para-hydroxylation sites is 1. The summed E-state index contributed by atoms with van der Waals surface area (Å²) in [4.78, 5) is 23.9. The molecule has 186 valence electrons. The number of hydrogen-bond acceptors (Lipinski definition) is 5. The van der Waals surface area contributed by atoms with Crippen molar-refractivity contribution in [2.45, 2.75) is 37.1 Å². The van der Waals surface area contributed by atoms with Gasteiger partial charge in [0.05, 0.1) is 4.90 Å². The number of nitrogens with one attached hydrogen (secondary N) is 2. The van der Waals surface area contributed by atoms with Crippen LogP contribution in [-0.4, -0.2) is 31.4 Å². The molecule has 0 aliphatic carbocycles. The number of anilines is 1. The molecule has 0 radical (unpaired) electrons. The molecule has 8 nitrogen and oxygen atoms in total. The molecule has 4 aromatic rings. The van der Waals surface area contributed by atoms with E-state index in [2.05, 4.69) is 10.0 Å². The minimum atomic E-state index is -3.98. The van der Waals surface area contributed by atoms with Crippen molar-refractivity contribution in [2.75, 3.05) is 5.32 Å². The van der Waals surface area contributed by atoms with Crippen LogP contribution in [0.25, 0.3) is 22.1 Å². The largest absolute Gasteiger partial charge is 0.480 e. The van der Waals surface area contributed by atoms with Crippen molar-refractivity contribution in [2.24, 2.45) is 0 Å². The molecule has 4 rings (SSSR count). The van der Waals surface area contributed by atoms with Crippen molar-refractivity contribution < 1.29 is 27.5 Å². The van der Waals surface area contributed by atoms with Gasteiger partial charge in [-0.15, -0.1) is 0 Å². The highest BCUT2D eigenvalue weighted by molar-refractivity contribution is 7.89. The summed E-state index contributed by atoms with van der Waals surface area (Å²) in [5.74, 6) is -1.35. The predicted octanol–water partition coefficient (Wildman–Crippen LogP) is 5.27. The summed E-state index contributed by atoms with van der Waals surface area (Å²) < 4.78 is 33.2. The second-order valence-electron chi connectivity index (χ2n) is 8.36. The van der Waals surface area contributed by atoms with Crippen LogP contribution in [0.15, 0.2) is 88.2 Å². The maximum Gasteiger partial charge on any atom is 0.321 e. The molecular weight excluding hydrogens is 480 g/mol. The Labute approximate surface area is 209 Å². The number of fused-ring (bicyclic) bond motifs is 1. The first kappa shape index (κ1) is 25.2. The maximum absolute atomic E-state index is 12.7. The van der Waals surface area contributed by atoms with Crippen LogP contribution in [0.5, 0.6) is 0 Å². The van der Waals surface area contributed by atoms with E-state index in [1.54, 1.807) is 48.5 Å². The van der Waals surface area contributed by atoms with Gasteiger partial charge in [0.1, 0.15) is 11.6 Å². The Morgan fingerprint density at radius 2 is 1.58 bits per heavy atom. The monoisotopic (exact) mass is 506 g/mol. The normalized spacial score (nSPS) is 12.4. The van der Waals surface area contributed by atoms with Gasteiger partial charge in [-0.05, 0) is 53.9 Å². The molecule has 0 unspecified atom stereocenters. The predicted molar refractivity (Wildman–Crippen MR) is 137 cm³/mol. The molecule has 36 heavy (non-hydrogen) atoms. The summed E-state index contributed by atoms with van der Waals surface area (Å²) in [5.41, 5.74) is 2.81. The SMILES string of the molecule is CCCC[C@H](NS(=O)(=O)c1ccc(-c2ccc(NC(=O)c3cc4ccccc4o3)cc2)cc1)C(=O)O. The van der Waals surface area contributed by atoms with Crippen LogP contribution in [-0.2, 0) is 14.8 Å². The van der Waals surface area contributed by atoms with Crippen LogP contribution in [0.2, 0.25) is 0 Å². The molecule has 0 saturated heterocycles. The van der Waals surface area contributed by atoms with Gasteiger partial charge in [0.25, 0.3) is 5.91 Å². The van der Waals surface area contributed by atoms with Crippen molar-refractivity contribution in [1.29, 1.82) is 0 Å². The minimum absolute atomic E-state index is 0.0104. The lowest BCUT2D eigenvalue weighted by molar-refractivity contribution is -0.139. The molecule has 1 aromatic heterocycles. The molecule has 0 aliphatic heterocycles. The van der Waals surface area contributed by atoms with Crippen molar-refractivity contribution in [1.82, 2.24) is 4.72 Å². The second-order valence-corrected chi connectivity index (χ2v) is 10.1. The van der Waals surface area contributed by atoms with E-state index < -0.39 is 22.0 Å². The number of carbonyl (C=O) groups is 2. The highest BCUT2D eigenvalue weighted by Gasteiger charge is 2.24. The molecule has 1 atom stereocenters. The number of amides is 1. The van der Waals surface area contributed by atoms with Gasteiger partial charge in [0, 0.05) is 11.1 Å². The topological polar surface area (TPSA) is 126 Å². The quantitative estimate of drug-likeness (QED) is 0.269. The lowest BCUT2D eigenvalue weighted by Crippen LogP contribution is -2.40. The molecule has 0 spiro atoms. The van der Waals surface area contributed by atoms with Crippen molar-refractivity contribution >= 4 is 38.6 Å². The number of unbranched alkanes of at least 4 members (excludes halogenated alkanes) is 1. The summed E-state index contributed by atoms with van der Waals surface area (Å²) in [6.45, 7) is 1.91. The molecule has 3 N–H and O–H groups in total. The smallest absolute Gasteiger partial charge is 0.321 e. The summed E-state index contributed by atoms with van der Waals surface area (Å²) in [5, 5.41) is 13.0. The molecule has 0 saturated carbocycles. The van der Waals surface area contributed by atoms with Crippen molar-refractivity contribution in [3.8, 4) is 11.1 Å². The third-order valence-electron chi connectivity index (χ3n) is 5.73. The van der Waals surface area contributed by atoms with Gasteiger partial charge in [-0.1, -0.05) is 62.2 Å². The van der Waals surface area contributed by atoms with E-state index in [0.29, 0.717) is 17.7 Å². The fourth-order valence-corrected chi connectivity index (χ4v) is 4.98. The first-order valence-corrected chi connectivity index (χ1v) is 13.0. The Bertz CT molecular complexity index is 1440. The Hall–Kier alpha value is -3.95. The zero-order valence-corrected chi connectivity index (χ0v) is 20.4. The lowest BCUT2D eigenvalue weighted by Gasteiger charge is -2.14. The number of aliphatic carboxylic acids is 1. The number of furan rings is 1. The fraction of sp³-hybridized carbons (Fsp3) is 0.185. The van der Waals surface area contributed by atoms with E-state index in [-0.39, 0.29) is 23.0 Å². The molecule has 0 bridgehead atoms. The number of rotatable bonds is 10. The molecule has 0 fully saturated rings. The van der Waals surface area contributed by atoms with E-state index in [1.165, 1.54) is 12.1 Å². The molecular formula is C27H26N2O6S.